The zero-order chi connectivity index (χ0) is 16.6. The van der Waals surface area contributed by atoms with Crippen molar-refractivity contribution in [3.05, 3.63) is 65.0 Å². The summed E-state index contributed by atoms with van der Waals surface area (Å²) in [7, 11) is 0. The lowest BCUT2D eigenvalue weighted by Crippen LogP contribution is -1.92. The van der Waals surface area contributed by atoms with Crippen LogP contribution in [0.15, 0.2) is 42.6 Å². The van der Waals surface area contributed by atoms with Gasteiger partial charge in [-0.25, -0.2) is 9.78 Å². The molecule has 0 saturated heterocycles. The maximum absolute atomic E-state index is 10.9. The van der Waals surface area contributed by atoms with Crippen LogP contribution in [0.4, 0.5) is 0 Å². The third-order valence-corrected chi connectivity index (χ3v) is 3.84. The summed E-state index contributed by atoms with van der Waals surface area (Å²) in [5.41, 5.74) is 6.82. The summed E-state index contributed by atoms with van der Waals surface area (Å²) in [4.78, 5) is 15.7. The van der Waals surface area contributed by atoms with E-state index in [1.165, 1.54) is 5.56 Å². The number of imidazole rings is 1. The quantitative estimate of drug-likeness (QED) is 0.743. The molecular formula is C19H18N2O2. The van der Waals surface area contributed by atoms with Crippen molar-refractivity contribution in [2.45, 2.75) is 20.8 Å². The molecule has 4 nitrogen and oxygen atoms in total. The van der Waals surface area contributed by atoms with Gasteiger partial charge in [-0.05, 0) is 50.1 Å². The largest absolute Gasteiger partial charge is 0.478 e. The number of aryl methyl sites for hydroxylation is 3. The van der Waals surface area contributed by atoms with E-state index in [4.69, 9.17) is 10.1 Å². The molecule has 2 aromatic heterocycles. The molecule has 2 heterocycles. The van der Waals surface area contributed by atoms with E-state index in [0.717, 1.165) is 39.8 Å². The highest BCUT2D eigenvalue weighted by Crippen LogP contribution is 2.29. The molecule has 0 unspecified atom stereocenters. The average molecular weight is 306 g/mol. The van der Waals surface area contributed by atoms with Gasteiger partial charge in [0.05, 0.1) is 11.4 Å². The van der Waals surface area contributed by atoms with Crippen LogP contribution in [0.1, 0.15) is 22.4 Å². The van der Waals surface area contributed by atoms with E-state index >= 15 is 0 Å². The predicted molar refractivity (Wildman–Crippen MR) is 91.5 cm³/mol. The van der Waals surface area contributed by atoms with Crippen LogP contribution in [0, 0.1) is 20.8 Å². The summed E-state index contributed by atoms with van der Waals surface area (Å²) >= 11 is 0. The maximum atomic E-state index is 10.9. The molecule has 1 aromatic carbocycles. The maximum Gasteiger partial charge on any atom is 0.328 e. The fourth-order valence-corrected chi connectivity index (χ4v) is 2.75. The highest BCUT2D eigenvalue weighted by molar-refractivity contribution is 5.87. The number of rotatable bonds is 3. The van der Waals surface area contributed by atoms with Gasteiger partial charge >= 0.3 is 5.97 Å². The Labute approximate surface area is 134 Å². The summed E-state index contributed by atoms with van der Waals surface area (Å²) < 4.78 is 1.92. The molecule has 23 heavy (non-hydrogen) atoms. The number of benzene rings is 1. The zero-order valence-corrected chi connectivity index (χ0v) is 13.4. The molecule has 0 aliphatic heterocycles. The monoisotopic (exact) mass is 306 g/mol. The Balaban J connectivity index is 2.30. The number of nitrogens with zero attached hydrogens (tertiary/aromatic N) is 2. The van der Waals surface area contributed by atoms with E-state index in [1.807, 2.05) is 48.7 Å². The van der Waals surface area contributed by atoms with Gasteiger partial charge in [-0.1, -0.05) is 23.8 Å². The molecule has 0 aliphatic rings. The first-order valence-corrected chi connectivity index (χ1v) is 7.43. The number of fused-ring (bicyclic) bond motifs is 1. The van der Waals surface area contributed by atoms with E-state index in [0.29, 0.717) is 0 Å². The van der Waals surface area contributed by atoms with E-state index in [1.54, 1.807) is 6.08 Å². The first-order valence-electron chi connectivity index (χ1n) is 7.43. The molecule has 0 bridgehead atoms. The van der Waals surface area contributed by atoms with Crippen molar-refractivity contribution in [3.63, 3.8) is 0 Å². The first kappa shape index (κ1) is 15.0. The molecule has 0 saturated carbocycles. The number of carbonyl (C=O) groups is 1. The van der Waals surface area contributed by atoms with Crippen LogP contribution < -0.4 is 0 Å². The molecule has 3 aromatic rings. The van der Waals surface area contributed by atoms with Gasteiger partial charge in [-0.3, -0.25) is 4.40 Å². The van der Waals surface area contributed by atoms with Gasteiger partial charge in [0.2, 0.25) is 0 Å². The number of aliphatic carboxylic acids is 1. The van der Waals surface area contributed by atoms with Crippen LogP contribution >= 0.6 is 0 Å². The second-order valence-electron chi connectivity index (χ2n) is 5.77. The van der Waals surface area contributed by atoms with Gasteiger partial charge in [0.15, 0.2) is 0 Å². The van der Waals surface area contributed by atoms with Crippen LogP contribution in [0.2, 0.25) is 0 Å². The fraction of sp³-hybridized carbons (Fsp3) is 0.158. The molecule has 1 N–H and O–H groups in total. The summed E-state index contributed by atoms with van der Waals surface area (Å²) in [6, 6.07) is 10.2. The first-order chi connectivity index (χ1) is 11.0. The number of hydrogen-bond acceptors (Lipinski definition) is 2. The van der Waals surface area contributed by atoms with Crippen LogP contribution in [0.25, 0.3) is 23.0 Å². The number of aromatic nitrogens is 2. The van der Waals surface area contributed by atoms with Crippen molar-refractivity contribution in [1.82, 2.24) is 9.38 Å². The number of pyridine rings is 1. The Morgan fingerprint density at radius 2 is 1.87 bits per heavy atom. The zero-order valence-electron chi connectivity index (χ0n) is 13.4. The Morgan fingerprint density at radius 1 is 1.13 bits per heavy atom. The molecule has 0 fully saturated rings. The third kappa shape index (κ3) is 2.88. The van der Waals surface area contributed by atoms with Crippen LogP contribution in [-0.4, -0.2) is 20.5 Å². The molecule has 0 amide bonds. The van der Waals surface area contributed by atoms with E-state index in [-0.39, 0.29) is 0 Å². The van der Waals surface area contributed by atoms with E-state index in [9.17, 15) is 4.79 Å². The van der Waals surface area contributed by atoms with Gasteiger partial charge in [-0.15, -0.1) is 0 Å². The lowest BCUT2D eigenvalue weighted by Gasteiger charge is -2.06. The minimum absolute atomic E-state index is 0.773. The number of carboxylic acids is 1. The number of hydrogen-bond donors (Lipinski definition) is 1. The van der Waals surface area contributed by atoms with Crippen LogP contribution in [0.3, 0.4) is 0 Å². The molecule has 116 valence electrons. The van der Waals surface area contributed by atoms with Crippen molar-refractivity contribution in [2.24, 2.45) is 0 Å². The van der Waals surface area contributed by atoms with E-state index < -0.39 is 5.97 Å². The second kappa shape index (κ2) is 5.72. The number of carboxylic acid groups (broad SMARTS) is 1. The molecule has 0 radical (unpaired) electrons. The third-order valence-electron chi connectivity index (χ3n) is 3.84. The highest BCUT2D eigenvalue weighted by atomic mass is 16.4. The summed E-state index contributed by atoms with van der Waals surface area (Å²) in [6.07, 6.45) is 4.68. The Bertz CT molecular complexity index is 936. The minimum Gasteiger partial charge on any atom is -0.478 e. The van der Waals surface area contributed by atoms with E-state index in [2.05, 4.69) is 13.0 Å². The van der Waals surface area contributed by atoms with Crippen molar-refractivity contribution in [2.75, 3.05) is 0 Å². The highest BCUT2D eigenvalue weighted by Gasteiger charge is 2.14. The smallest absolute Gasteiger partial charge is 0.328 e. The second-order valence-corrected chi connectivity index (χ2v) is 5.77. The Morgan fingerprint density at radius 3 is 2.57 bits per heavy atom. The molecule has 0 atom stereocenters. The molecule has 3 rings (SSSR count). The summed E-state index contributed by atoms with van der Waals surface area (Å²) in [5, 5.41) is 8.96. The van der Waals surface area contributed by atoms with Gasteiger partial charge in [0, 0.05) is 17.8 Å². The Hall–Kier alpha value is -2.88. The lowest BCUT2D eigenvalue weighted by molar-refractivity contribution is -0.131. The predicted octanol–water partition coefficient (Wildman–Crippen LogP) is 4.02. The van der Waals surface area contributed by atoms with Crippen molar-refractivity contribution < 1.29 is 9.90 Å². The van der Waals surface area contributed by atoms with Gasteiger partial charge in [-0.2, -0.15) is 0 Å². The average Bonchev–Trinajstić information content (AvgIpc) is 2.82. The minimum atomic E-state index is -0.973. The summed E-state index contributed by atoms with van der Waals surface area (Å²) in [6.45, 7) is 6.11. The van der Waals surface area contributed by atoms with Crippen LogP contribution in [0.5, 0.6) is 0 Å². The Kier molecular flexibility index (Phi) is 3.74. The lowest BCUT2D eigenvalue weighted by atomic mass is 10.0. The van der Waals surface area contributed by atoms with Gasteiger partial charge in [0.25, 0.3) is 0 Å². The topological polar surface area (TPSA) is 54.6 Å². The van der Waals surface area contributed by atoms with Crippen molar-refractivity contribution in [1.29, 1.82) is 0 Å². The molecular weight excluding hydrogens is 288 g/mol. The normalized spacial score (nSPS) is 11.4. The molecule has 0 aliphatic carbocycles. The van der Waals surface area contributed by atoms with Gasteiger partial charge in [0.1, 0.15) is 5.65 Å². The molecule has 4 heteroatoms. The SMILES string of the molecule is Cc1ccc(-c2nc3cc(C)ccn3c2/C=C/C(=O)O)c(C)c1. The van der Waals surface area contributed by atoms with Crippen LogP contribution in [-0.2, 0) is 4.79 Å². The van der Waals surface area contributed by atoms with Crippen molar-refractivity contribution in [3.8, 4) is 11.3 Å². The van der Waals surface area contributed by atoms with Gasteiger partial charge < -0.3 is 5.11 Å². The standard InChI is InChI=1S/C19H18N2O2/c1-12-4-5-15(14(3)10-12)19-16(6-7-18(22)23)21-9-8-13(2)11-17(21)20-19/h4-11H,1-3H3,(H,22,23)/b7-6+. The van der Waals surface area contributed by atoms with Crippen molar-refractivity contribution >= 4 is 17.7 Å². The molecule has 0 spiro atoms. The fourth-order valence-electron chi connectivity index (χ4n) is 2.75. The summed E-state index contributed by atoms with van der Waals surface area (Å²) in [5.74, 6) is -0.973.